The van der Waals surface area contributed by atoms with Crippen molar-refractivity contribution in [3.05, 3.63) is 33.1 Å². The van der Waals surface area contributed by atoms with Gasteiger partial charge in [0.1, 0.15) is 0 Å². The number of nitro benzene ring substituents is 1. The Morgan fingerprint density at radius 2 is 2.05 bits per heavy atom. The van der Waals surface area contributed by atoms with Gasteiger partial charge in [0, 0.05) is 6.54 Å². The highest BCUT2D eigenvalue weighted by atomic mass is 32.2. The molecule has 0 unspecified atom stereocenters. The largest absolute Gasteiger partial charge is 0.309 e. The number of aryl methyl sites for hydroxylation is 1. The number of rotatable bonds is 5. The van der Waals surface area contributed by atoms with Gasteiger partial charge in [0.2, 0.25) is 15.8 Å². The highest BCUT2D eigenvalue weighted by Crippen LogP contribution is 2.31. The van der Waals surface area contributed by atoms with Gasteiger partial charge in [0.25, 0.3) is 0 Å². The first-order chi connectivity index (χ1) is 9.74. The van der Waals surface area contributed by atoms with Crippen LogP contribution in [0.15, 0.2) is 11.0 Å². The van der Waals surface area contributed by atoms with Crippen molar-refractivity contribution in [3.8, 4) is 0 Å². The van der Waals surface area contributed by atoms with Crippen LogP contribution in [0.4, 0.5) is 10.1 Å². The van der Waals surface area contributed by atoms with Crippen LogP contribution in [0.3, 0.4) is 0 Å². The minimum absolute atomic E-state index is 0.164. The Bertz CT molecular complexity index is 684. The van der Waals surface area contributed by atoms with E-state index >= 15 is 0 Å². The molecule has 1 N–H and O–H groups in total. The summed E-state index contributed by atoms with van der Waals surface area (Å²) < 4.78 is 40.8. The number of sulfonamides is 1. The molecule has 0 saturated heterocycles. The smallest absolute Gasteiger partial charge is 0.258 e. The summed E-state index contributed by atoms with van der Waals surface area (Å²) in [5.41, 5.74) is -0.792. The van der Waals surface area contributed by atoms with Crippen molar-refractivity contribution in [3.63, 3.8) is 0 Å². The van der Waals surface area contributed by atoms with E-state index in [4.69, 9.17) is 0 Å². The highest BCUT2D eigenvalue weighted by molar-refractivity contribution is 7.89. The first-order valence-electron chi connectivity index (χ1n) is 6.67. The van der Waals surface area contributed by atoms with Crippen molar-refractivity contribution in [1.82, 2.24) is 4.72 Å². The summed E-state index contributed by atoms with van der Waals surface area (Å²) in [6, 6.07) is 0.892. The van der Waals surface area contributed by atoms with Crippen LogP contribution in [0.2, 0.25) is 0 Å². The van der Waals surface area contributed by atoms with Crippen LogP contribution in [0, 0.1) is 35.7 Å². The predicted molar refractivity (Wildman–Crippen MR) is 75.1 cm³/mol. The fraction of sp³-hybridized carbons (Fsp3) is 0.538. The van der Waals surface area contributed by atoms with Crippen LogP contribution in [0.1, 0.15) is 30.4 Å². The highest BCUT2D eigenvalue weighted by Gasteiger charge is 2.30. The van der Waals surface area contributed by atoms with Crippen molar-refractivity contribution in [2.75, 3.05) is 6.54 Å². The minimum Gasteiger partial charge on any atom is -0.258 e. The van der Waals surface area contributed by atoms with E-state index in [1.54, 1.807) is 0 Å². The molecule has 8 heteroatoms. The molecule has 0 bridgehead atoms. The van der Waals surface area contributed by atoms with E-state index in [2.05, 4.69) is 4.72 Å². The molecule has 0 aliphatic heterocycles. The van der Waals surface area contributed by atoms with Gasteiger partial charge in [-0.2, -0.15) is 4.39 Å². The average Bonchev–Trinajstić information content (AvgIpc) is 2.23. The molecule has 1 aliphatic rings. The van der Waals surface area contributed by atoms with Crippen LogP contribution in [-0.4, -0.2) is 19.9 Å². The second-order valence-corrected chi connectivity index (χ2v) is 7.09. The molecule has 0 radical (unpaired) electrons. The molecule has 0 amide bonds. The molecule has 1 aliphatic carbocycles. The summed E-state index contributed by atoms with van der Waals surface area (Å²) in [5, 5.41) is 10.9. The summed E-state index contributed by atoms with van der Waals surface area (Å²) in [4.78, 5) is 9.81. The predicted octanol–water partition coefficient (Wildman–Crippen LogP) is 2.43. The summed E-state index contributed by atoms with van der Waals surface area (Å²) in [5.74, 6) is -0.705. The first kappa shape index (κ1) is 15.8. The van der Waals surface area contributed by atoms with Gasteiger partial charge >= 0.3 is 5.69 Å². The monoisotopic (exact) mass is 316 g/mol. The van der Waals surface area contributed by atoms with Crippen molar-refractivity contribution in [2.24, 2.45) is 5.92 Å². The Labute approximate surface area is 122 Å². The third-order valence-corrected chi connectivity index (χ3v) is 5.57. The van der Waals surface area contributed by atoms with E-state index < -0.39 is 26.5 Å². The number of hydrogen-bond donors (Lipinski definition) is 1. The van der Waals surface area contributed by atoms with E-state index in [-0.39, 0.29) is 16.0 Å². The van der Waals surface area contributed by atoms with E-state index in [1.807, 2.05) is 0 Å². The van der Waals surface area contributed by atoms with Gasteiger partial charge in [-0.3, -0.25) is 10.1 Å². The summed E-state index contributed by atoms with van der Waals surface area (Å²) in [7, 11) is -3.89. The molecular weight excluding hydrogens is 299 g/mol. The van der Waals surface area contributed by atoms with Crippen molar-refractivity contribution in [1.29, 1.82) is 0 Å². The molecule has 0 heterocycles. The normalized spacial score (nSPS) is 15.8. The van der Waals surface area contributed by atoms with Crippen molar-refractivity contribution >= 4 is 15.7 Å². The third kappa shape index (κ3) is 3.06. The second-order valence-electron chi connectivity index (χ2n) is 5.38. The van der Waals surface area contributed by atoms with Gasteiger partial charge in [-0.1, -0.05) is 6.42 Å². The maximum atomic E-state index is 13.7. The van der Waals surface area contributed by atoms with Crippen LogP contribution in [0.5, 0.6) is 0 Å². The zero-order valence-electron chi connectivity index (χ0n) is 11.8. The zero-order valence-corrected chi connectivity index (χ0v) is 12.7. The fourth-order valence-electron chi connectivity index (χ4n) is 2.54. The summed E-state index contributed by atoms with van der Waals surface area (Å²) in [6.07, 6.45) is 3.04. The van der Waals surface area contributed by atoms with E-state index in [1.165, 1.54) is 13.8 Å². The van der Waals surface area contributed by atoms with Gasteiger partial charge < -0.3 is 0 Å². The van der Waals surface area contributed by atoms with E-state index in [0.717, 1.165) is 25.3 Å². The number of hydrogen-bond acceptors (Lipinski definition) is 4. The SMILES string of the molecule is Cc1cc(F)c([N+](=O)[O-])c(C)c1S(=O)(=O)NCC1CCC1. The number of halogens is 1. The Kier molecular flexibility index (Phi) is 4.29. The molecule has 0 aromatic heterocycles. The lowest BCUT2D eigenvalue weighted by molar-refractivity contribution is -0.388. The van der Waals surface area contributed by atoms with Gasteiger partial charge in [-0.05, 0) is 44.2 Å². The molecule has 6 nitrogen and oxygen atoms in total. The number of benzene rings is 1. The van der Waals surface area contributed by atoms with Gasteiger partial charge in [0.05, 0.1) is 15.4 Å². The molecule has 1 aromatic rings. The molecule has 1 fully saturated rings. The van der Waals surface area contributed by atoms with E-state index in [0.29, 0.717) is 12.5 Å². The van der Waals surface area contributed by atoms with Crippen molar-refractivity contribution in [2.45, 2.75) is 38.0 Å². The number of nitrogens with zero attached hydrogens (tertiary/aromatic N) is 1. The Balaban J connectivity index is 2.41. The molecule has 1 saturated carbocycles. The lowest BCUT2D eigenvalue weighted by Crippen LogP contribution is -2.33. The van der Waals surface area contributed by atoms with Crippen LogP contribution >= 0.6 is 0 Å². The van der Waals surface area contributed by atoms with Crippen molar-refractivity contribution < 1.29 is 17.7 Å². The number of nitrogens with one attached hydrogen (secondary N) is 1. The van der Waals surface area contributed by atoms with Gasteiger partial charge in [-0.15, -0.1) is 0 Å². The molecule has 21 heavy (non-hydrogen) atoms. The summed E-state index contributed by atoms with van der Waals surface area (Å²) in [6.45, 7) is 3.00. The average molecular weight is 316 g/mol. The lowest BCUT2D eigenvalue weighted by Gasteiger charge is -2.25. The molecule has 0 spiro atoms. The maximum Gasteiger partial charge on any atom is 0.309 e. The topological polar surface area (TPSA) is 89.3 Å². The maximum absolute atomic E-state index is 13.7. The summed E-state index contributed by atoms with van der Waals surface area (Å²) >= 11 is 0. The number of nitro groups is 1. The zero-order chi connectivity index (χ0) is 15.8. The quantitative estimate of drug-likeness (QED) is 0.667. The van der Waals surface area contributed by atoms with Gasteiger partial charge in [0.15, 0.2) is 0 Å². The fourth-order valence-corrected chi connectivity index (χ4v) is 4.12. The molecule has 2 rings (SSSR count). The standard InChI is InChI=1S/C13H17FN2O4S/c1-8-6-11(14)12(16(17)18)9(2)13(8)21(19,20)15-7-10-4-3-5-10/h6,10,15H,3-5,7H2,1-2H3. The van der Waals surface area contributed by atoms with E-state index in [9.17, 15) is 22.9 Å². The van der Waals surface area contributed by atoms with Crippen LogP contribution in [0.25, 0.3) is 0 Å². The third-order valence-electron chi connectivity index (χ3n) is 3.86. The molecular formula is C13H17FN2O4S. The molecule has 1 aromatic carbocycles. The molecule has 116 valence electrons. The van der Waals surface area contributed by atoms with Crippen LogP contribution < -0.4 is 4.72 Å². The second kappa shape index (κ2) is 5.69. The first-order valence-corrected chi connectivity index (χ1v) is 8.16. The lowest BCUT2D eigenvalue weighted by atomic mass is 9.86. The Hall–Kier alpha value is -1.54. The molecule has 0 atom stereocenters. The Morgan fingerprint density at radius 1 is 1.43 bits per heavy atom. The minimum atomic E-state index is -3.89. The Morgan fingerprint density at radius 3 is 2.52 bits per heavy atom. The van der Waals surface area contributed by atoms with Gasteiger partial charge in [-0.25, -0.2) is 13.1 Å². The van der Waals surface area contributed by atoms with Crippen LogP contribution in [-0.2, 0) is 10.0 Å².